The number of piperidine rings is 1. The van der Waals surface area contributed by atoms with E-state index in [9.17, 15) is 24.0 Å². The number of hydrogen-bond acceptors (Lipinski definition) is 5. The number of ketones is 1. The minimum atomic E-state index is -1.07. The molecule has 10 heteroatoms. The summed E-state index contributed by atoms with van der Waals surface area (Å²) in [5.41, 5.74) is 7.00. The number of rotatable bonds is 9. The summed E-state index contributed by atoms with van der Waals surface area (Å²) in [4.78, 5) is 67.5. The Morgan fingerprint density at radius 2 is 1.64 bits per heavy atom. The molecule has 10 nitrogen and oxygen atoms in total. The van der Waals surface area contributed by atoms with Crippen molar-refractivity contribution < 1.29 is 24.0 Å². The quantitative estimate of drug-likeness (QED) is 0.330. The lowest BCUT2D eigenvalue weighted by Crippen LogP contribution is -2.61. The first-order chi connectivity index (χ1) is 19.7. The SMILES string of the molecule is CC(C)(C)NC(=O)N[C@H](C(=O)N1CC2C([C@H]1C(=O)NC(CC1CCC1)C(=O)C(N)=O)C2(C)C)C1Cc2ccccc2C1. The Morgan fingerprint density at radius 1 is 1.02 bits per heavy atom. The number of likely N-dealkylation sites (tertiary alicyclic amines) is 1. The number of amides is 5. The first kappa shape index (κ1) is 30.0. The molecule has 0 radical (unpaired) electrons. The normalized spacial score (nSPS) is 25.8. The van der Waals surface area contributed by atoms with Crippen LogP contribution in [0.3, 0.4) is 0 Å². The van der Waals surface area contributed by atoms with Crippen molar-refractivity contribution in [3.8, 4) is 0 Å². The van der Waals surface area contributed by atoms with E-state index in [2.05, 4.69) is 29.8 Å². The Bertz CT molecular complexity index is 1260. The van der Waals surface area contributed by atoms with E-state index in [0.29, 0.717) is 25.8 Å². The average molecular weight is 580 g/mol. The second-order valence-corrected chi connectivity index (χ2v) is 14.5. The lowest BCUT2D eigenvalue weighted by molar-refractivity contribution is -0.144. The van der Waals surface area contributed by atoms with E-state index in [-0.39, 0.29) is 35.0 Å². The molecule has 5 N–H and O–H groups in total. The van der Waals surface area contributed by atoms with Gasteiger partial charge in [0.25, 0.3) is 5.91 Å². The van der Waals surface area contributed by atoms with Crippen LogP contribution >= 0.6 is 0 Å². The summed E-state index contributed by atoms with van der Waals surface area (Å²) in [5.74, 6) is -2.48. The number of carbonyl (C=O) groups excluding carboxylic acids is 5. The molecular formula is C32H45N5O5. The van der Waals surface area contributed by atoms with Crippen molar-refractivity contribution in [1.29, 1.82) is 0 Å². The standard InChI is InChI=1S/C32H45N5O5/c1-31(2,3)36-30(42)35-24(20-14-18-11-6-7-12-19(18)15-20)29(41)37-16-21-23(32(21,4)5)25(37)28(40)34-22(26(38)27(33)39)13-17-9-8-10-17/h6-7,11-12,17,20-25H,8-10,13-16H2,1-5H3,(H2,33,39)(H,34,40)(H2,35,36,42)/t21?,22?,23?,24-,25-/m0/s1. The number of nitrogens with zero attached hydrogens (tertiary/aromatic N) is 1. The molecule has 1 saturated heterocycles. The van der Waals surface area contributed by atoms with Crippen LogP contribution in [-0.2, 0) is 32.0 Å². The van der Waals surface area contributed by atoms with Crippen molar-refractivity contribution in [3.63, 3.8) is 0 Å². The van der Waals surface area contributed by atoms with Crippen LogP contribution in [-0.4, -0.2) is 64.6 Å². The van der Waals surface area contributed by atoms with Gasteiger partial charge >= 0.3 is 6.03 Å². The summed E-state index contributed by atoms with van der Waals surface area (Å²) < 4.78 is 0. The van der Waals surface area contributed by atoms with Crippen LogP contribution in [0.1, 0.15) is 71.4 Å². The molecule has 0 bridgehead atoms. The first-order valence-corrected chi connectivity index (χ1v) is 15.3. The van der Waals surface area contributed by atoms with Gasteiger partial charge in [0.1, 0.15) is 12.1 Å². The highest BCUT2D eigenvalue weighted by molar-refractivity contribution is 6.37. The van der Waals surface area contributed by atoms with Gasteiger partial charge < -0.3 is 26.6 Å². The third-order valence-electron chi connectivity index (χ3n) is 10.0. The number of nitrogens with one attached hydrogen (secondary N) is 3. The molecule has 0 spiro atoms. The third kappa shape index (κ3) is 5.90. The van der Waals surface area contributed by atoms with Gasteiger partial charge in [-0.1, -0.05) is 57.4 Å². The molecule has 1 aromatic carbocycles. The average Bonchev–Trinajstić information content (AvgIpc) is 3.25. The summed E-state index contributed by atoms with van der Waals surface area (Å²) in [6.45, 7) is 10.2. The molecule has 1 aromatic rings. The number of primary amides is 1. The van der Waals surface area contributed by atoms with Gasteiger partial charge in [-0.25, -0.2) is 4.79 Å². The topological polar surface area (TPSA) is 151 Å². The van der Waals surface area contributed by atoms with E-state index in [0.717, 1.165) is 30.4 Å². The van der Waals surface area contributed by atoms with Crippen molar-refractivity contribution in [3.05, 3.63) is 35.4 Å². The number of urea groups is 1. The Labute approximate surface area is 247 Å². The Kier molecular flexibility index (Phi) is 7.87. The van der Waals surface area contributed by atoms with Crippen molar-refractivity contribution in [2.45, 2.75) is 96.8 Å². The lowest BCUT2D eigenvalue weighted by atomic mass is 9.80. The highest BCUT2D eigenvalue weighted by Crippen LogP contribution is 2.65. The molecule has 5 rings (SSSR count). The Morgan fingerprint density at radius 3 is 2.17 bits per heavy atom. The van der Waals surface area contributed by atoms with Crippen molar-refractivity contribution in [1.82, 2.24) is 20.9 Å². The molecule has 5 atom stereocenters. The molecule has 1 heterocycles. The first-order valence-electron chi connectivity index (χ1n) is 15.3. The largest absolute Gasteiger partial charge is 0.363 e. The molecule has 5 amide bonds. The Hall–Kier alpha value is -3.43. The lowest BCUT2D eigenvalue weighted by Gasteiger charge is -2.36. The molecule has 2 saturated carbocycles. The van der Waals surface area contributed by atoms with Gasteiger partial charge in [0.15, 0.2) is 0 Å². The number of benzene rings is 1. The van der Waals surface area contributed by atoms with Crippen molar-refractivity contribution in [2.24, 2.45) is 34.8 Å². The van der Waals surface area contributed by atoms with E-state index in [4.69, 9.17) is 5.73 Å². The summed E-state index contributed by atoms with van der Waals surface area (Å²) in [6, 6.07) is 4.96. The van der Waals surface area contributed by atoms with Crippen LogP contribution in [0.15, 0.2) is 24.3 Å². The highest BCUT2D eigenvalue weighted by atomic mass is 16.2. The second kappa shape index (κ2) is 11.0. The summed E-state index contributed by atoms with van der Waals surface area (Å²) >= 11 is 0. The van der Waals surface area contributed by atoms with Crippen molar-refractivity contribution >= 4 is 29.5 Å². The predicted octanol–water partition coefficient (Wildman–Crippen LogP) is 2.08. The van der Waals surface area contributed by atoms with Gasteiger partial charge in [-0.2, -0.15) is 0 Å². The zero-order chi connectivity index (χ0) is 30.6. The van der Waals surface area contributed by atoms with Crippen LogP contribution in [0.2, 0.25) is 0 Å². The van der Waals surface area contributed by atoms with Gasteiger partial charge in [0, 0.05) is 12.1 Å². The molecule has 42 heavy (non-hydrogen) atoms. The third-order valence-corrected chi connectivity index (χ3v) is 10.0. The molecule has 1 aliphatic heterocycles. The molecule has 3 fully saturated rings. The summed E-state index contributed by atoms with van der Waals surface area (Å²) in [7, 11) is 0. The minimum Gasteiger partial charge on any atom is -0.363 e. The van der Waals surface area contributed by atoms with E-state index < -0.39 is 47.3 Å². The number of nitrogens with two attached hydrogens (primary N) is 1. The molecule has 3 aliphatic carbocycles. The monoisotopic (exact) mass is 579 g/mol. The van der Waals surface area contributed by atoms with Crippen molar-refractivity contribution in [2.75, 3.05) is 6.54 Å². The minimum absolute atomic E-state index is 0.0840. The number of hydrogen-bond donors (Lipinski definition) is 4. The van der Waals surface area contributed by atoms with Gasteiger partial charge in [-0.3, -0.25) is 19.2 Å². The van der Waals surface area contributed by atoms with E-state index >= 15 is 0 Å². The van der Waals surface area contributed by atoms with Gasteiger partial charge in [0.2, 0.25) is 17.6 Å². The van der Waals surface area contributed by atoms with E-state index in [1.54, 1.807) is 4.90 Å². The maximum Gasteiger partial charge on any atom is 0.315 e. The second-order valence-electron chi connectivity index (χ2n) is 14.5. The smallest absolute Gasteiger partial charge is 0.315 e. The molecular weight excluding hydrogens is 534 g/mol. The number of Topliss-reactive ketones (excluding diaryl/α,β-unsaturated/α-hetero) is 1. The summed E-state index contributed by atoms with van der Waals surface area (Å²) in [6.07, 6.45) is 4.59. The number of carbonyl (C=O) groups is 5. The molecule has 4 aliphatic rings. The maximum absolute atomic E-state index is 14.4. The van der Waals surface area contributed by atoms with E-state index in [1.165, 1.54) is 0 Å². The van der Waals surface area contributed by atoms with Crippen LogP contribution in [0.4, 0.5) is 4.79 Å². The van der Waals surface area contributed by atoms with E-state index in [1.807, 2.05) is 45.0 Å². The van der Waals surface area contributed by atoms with Crippen LogP contribution < -0.4 is 21.7 Å². The predicted molar refractivity (Wildman–Crippen MR) is 157 cm³/mol. The van der Waals surface area contributed by atoms with Crippen LogP contribution in [0.25, 0.3) is 0 Å². The van der Waals surface area contributed by atoms with Crippen LogP contribution in [0, 0.1) is 29.1 Å². The fourth-order valence-corrected chi connectivity index (χ4v) is 7.44. The van der Waals surface area contributed by atoms with Gasteiger partial charge in [0.05, 0.1) is 6.04 Å². The van der Waals surface area contributed by atoms with Crippen LogP contribution in [0.5, 0.6) is 0 Å². The number of fused-ring (bicyclic) bond motifs is 2. The zero-order valence-corrected chi connectivity index (χ0v) is 25.4. The zero-order valence-electron chi connectivity index (χ0n) is 25.4. The fourth-order valence-electron chi connectivity index (χ4n) is 7.44. The Balaban J connectivity index is 1.39. The fraction of sp³-hybridized carbons (Fsp3) is 0.656. The van der Waals surface area contributed by atoms with Gasteiger partial charge in [-0.15, -0.1) is 0 Å². The molecule has 0 aromatic heterocycles. The highest BCUT2D eigenvalue weighted by Gasteiger charge is 2.69. The molecule has 3 unspecified atom stereocenters. The maximum atomic E-state index is 14.4. The summed E-state index contributed by atoms with van der Waals surface area (Å²) in [5, 5.41) is 8.70. The van der Waals surface area contributed by atoms with Gasteiger partial charge in [-0.05, 0) is 80.2 Å². The molecule has 228 valence electrons.